The number of nitrogens with one attached hydrogen (secondary N) is 1. The molecule has 1 aliphatic heterocycles. The van der Waals surface area contributed by atoms with E-state index in [2.05, 4.69) is 5.32 Å². The largest absolute Gasteiger partial charge is 0.368 e. The minimum atomic E-state index is -0.417. The SMILES string of the molecule is O=C(Nc1ccc(Sc2ccc([N+](=O)[O-])cc2)cc1)[C@@H]1CCCO1. The van der Waals surface area contributed by atoms with Crippen molar-refractivity contribution < 1.29 is 14.5 Å². The number of anilines is 1. The second-order valence-electron chi connectivity index (χ2n) is 5.37. The molecule has 0 aromatic heterocycles. The summed E-state index contributed by atoms with van der Waals surface area (Å²) < 4.78 is 5.35. The van der Waals surface area contributed by atoms with E-state index in [1.165, 1.54) is 23.9 Å². The van der Waals surface area contributed by atoms with E-state index in [9.17, 15) is 14.9 Å². The molecular formula is C17H16N2O4S. The van der Waals surface area contributed by atoms with Gasteiger partial charge in [-0.25, -0.2) is 0 Å². The quantitative estimate of drug-likeness (QED) is 0.658. The average Bonchev–Trinajstić information content (AvgIpc) is 3.12. The van der Waals surface area contributed by atoms with E-state index < -0.39 is 4.92 Å². The minimum absolute atomic E-state index is 0.0755. The van der Waals surface area contributed by atoms with Crippen molar-refractivity contribution in [3.63, 3.8) is 0 Å². The van der Waals surface area contributed by atoms with E-state index in [-0.39, 0.29) is 17.7 Å². The highest BCUT2D eigenvalue weighted by Crippen LogP contribution is 2.29. The van der Waals surface area contributed by atoms with Crippen LogP contribution in [-0.2, 0) is 9.53 Å². The van der Waals surface area contributed by atoms with Gasteiger partial charge in [0.25, 0.3) is 11.6 Å². The predicted molar refractivity (Wildman–Crippen MR) is 91.3 cm³/mol. The number of hydrogen-bond acceptors (Lipinski definition) is 5. The Kier molecular flexibility index (Phi) is 5.12. The summed E-state index contributed by atoms with van der Waals surface area (Å²) in [5.41, 5.74) is 0.801. The summed E-state index contributed by atoms with van der Waals surface area (Å²) in [5, 5.41) is 13.5. The molecule has 0 unspecified atom stereocenters. The molecule has 0 spiro atoms. The zero-order valence-corrected chi connectivity index (χ0v) is 13.6. The number of carbonyl (C=O) groups excluding carboxylic acids is 1. The first-order valence-electron chi connectivity index (χ1n) is 7.57. The summed E-state index contributed by atoms with van der Waals surface area (Å²) in [5.74, 6) is -0.108. The number of carbonyl (C=O) groups is 1. The van der Waals surface area contributed by atoms with Crippen LogP contribution >= 0.6 is 11.8 Å². The van der Waals surface area contributed by atoms with Gasteiger partial charge in [-0.1, -0.05) is 11.8 Å². The summed E-state index contributed by atoms with van der Waals surface area (Å²) >= 11 is 1.50. The van der Waals surface area contributed by atoms with Gasteiger partial charge in [-0.05, 0) is 49.2 Å². The number of nitrogens with zero attached hydrogens (tertiary/aromatic N) is 1. The summed E-state index contributed by atoms with van der Waals surface area (Å²) in [7, 11) is 0. The summed E-state index contributed by atoms with van der Waals surface area (Å²) in [6, 6.07) is 13.9. The van der Waals surface area contributed by atoms with Crippen molar-refractivity contribution in [3.05, 3.63) is 58.6 Å². The van der Waals surface area contributed by atoms with Gasteiger partial charge < -0.3 is 10.1 Å². The fourth-order valence-corrected chi connectivity index (χ4v) is 3.20. The van der Waals surface area contributed by atoms with E-state index in [0.717, 1.165) is 28.3 Å². The van der Waals surface area contributed by atoms with Crippen LogP contribution < -0.4 is 5.32 Å². The average molecular weight is 344 g/mol. The Balaban J connectivity index is 1.59. The zero-order valence-electron chi connectivity index (χ0n) is 12.8. The molecule has 6 nitrogen and oxygen atoms in total. The van der Waals surface area contributed by atoms with E-state index in [1.54, 1.807) is 12.1 Å². The van der Waals surface area contributed by atoms with Crippen LogP contribution in [0.2, 0.25) is 0 Å². The van der Waals surface area contributed by atoms with E-state index in [4.69, 9.17) is 4.74 Å². The Morgan fingerprint density at radius 1 is 1.12 bits per heavy atom. The standard InChI is InChI=1S/C17H16N2O4S/c20-17(16-2-1-11-23-16)18-12-3-7-14(8-4-12)24-15-9-5-13(6-10-15)19(21)22/h3-10,16H,1-2,11H2,(H,18,20)/t16-/m0/s1. The number of nitro benzene ring substituents is 1. The number of rotatable bonds is 5. The van der Waals surface area contributed by atoms with Crippen molar-refractivity contribution in [1.29, 1.82) is 0 Å². The van der Waals surface area contributed by atoms with Crippen LogP contribution in [0.4, 0.5) is 11.4 Å². The lowest BCUT2D eigenvalue weighted by Crippen LogP contribution is -2.26. The number of hydrogen-bond donors (Lipinski definition) is 1. The van der Waals surface area contributed by atoms with Gasteiger partial charge in [-0.15, -0.1) is 0 Å². The topological polar surface area (TPSA) is 81.5 Å². The van der Waals surface area contributed by atoms with Gasteiger partial charge in [0.1, 0.15) is 6.10 Å². The molecule has 1 fully saturated rings. The Bertz CT molecular complexity index is 725. The molecule has 1 aliphatic rings. The van der Waals surface area contributed by atoms with Crippen LogP contribution in [0.1, 0.15) is 12.8 Å². The van der Waals surface area contributed by atoms with E-state index >= 15 is 0 Å². The van der Waals surface area contributed by atoms with Crippen LogP contribution in [0.5, 0.6) is 0 Å². The highest BCUT2D eigenvalue weighted by molar-refractivity contribution is 7.99. The summed E-state index contributed by atoms with van der Waals surface area (Å²) in [6.45, 7) is 0.642. The van der Waals surface area contributed by atoms with Gasteiger partial charge in [-0.2, -0.15) is 0 Å². The maximum absolute atomic E-state index is 12.0. The molecule has 7 heteroatoms. The molecule has 2 aromatic carbocycles. The second kappa shape index (κ2) is 7.46. The smallest absolute Gasteiger partial charge is 0.269 e. The van der Waals surface area contributed by atoms with Crippen LogP contribution in [0.3, 0.4) is 0 Å². The lowest BCUT2D eigenvalue weighted by atomic mass is 10.2. The van der Waals surface area contributed by atoms with Crippen molar-refractivity contribution in [2.24, 2.45) is 0 Å². The maximum Gasteiger partial charge on any atom is 0.269 e. The molecule has 0 aliphatic carbocycles. The second-order valence-corrected chi connectivity index (χ2v) is 6.52. The Labute approximate surface area is 143 Å². The van der Waals surface area contributed by atoms with Crippen molar-refractivity contribution in [2.45, 2.75) is 28.7 Å². The molecule has 0 bridgehead atoms. The first kappa shape index (κ1) is 16.5. The fraction of sp³-hybridized carbons (Fsp3) is 0.235. The van der Waals surface area contributed by atoms with Crippen molar-refractivity contribution >= 4 is 29.0 Å². The molecule has 1 saturated heterocycles. The molecule has 1 heterocycles. The fourth-order valence-electron chi connectivity index (χ4n) is 2.39. The Morgan fingerprint density at radius 3 is 2.29 bits per heavy atom. The van der Waals surface area contributed by atoms with Crippen molar-refractivity contribution in [1.82, 2.24) is 0 Å². The van der Waals surface area contributed by atoms with Gasteiger partial charge in [0.2, 0.25) is 0 Å². The Hall–Kier alpha value is -2.38. The van der Waals surface area contributed by atoms with Gasteiger partial charge in [0.05, 0.1) is 4.92 Å². The normalized spacial score (nSPS) is 16.8. The van der Waals surface area contributed by atoms with Crippen LogP contribution in [0.25, 0.3) is 0 Å². The lowest BCUT2D eigenvalue weighted by molar-refractivity contribution is -0.384. The molecule has 1 atom stereocenters. The molecule has 0 radical (unpaired) electrons. The highest BCUT2D eigenvalue weighted by atomic mass is 32.2. The highest BCUT2D eigenvalue weighted by Gasteiger charge is 2.23. The van der Waals surface area contributed by atoms with Gasteiger partial charge in [0, 0.05) is 34.2 Å². The van der Waals surface area contributed by atoms with E-state index in [0.29, 0.717) is 6.61 Å². The van der Waals surface area contributed by atoms with Crippen LogP contribution in [0.15, 0.2) is 58.3 Å². The first-order valence-corrected chi connectivity index (χ1v) is 8.38. The molecule has 3 rings (SSSR count). The van der Waals surface area contributed by atoms with Crippen molar-refractivity contribution in [2.75, 3.05) is 11.9 Å². The monoisotopic (exact) mass is 344 g/mol. The number of nitro groups is 1. The van der Waals surface area contributed by atoms with Gasteiger partial charge >= 0.3 is 0 Å². The molecule has 1 N–H and O–H groups in total. The van der Waals surface area contributed by atoms with Crippen LogP contribution in [0, 0.1) is 10.1 Å². The maximum atomic E-state index is 12.0. The van der Waals surface area contributed by atoms with E-state index in [1.807, 2.05) is 24.3 Å². The molecule has 24 heavy (non-hydrogen) atoms. The van der Waals surface area contributed by atoms with Gasteiger partial charge in [0.15, 0.2) is 0 Å². The molecule has 124 valence electrons. The third-order valence-corrected chi connectivity index (χ3v) is 4.64. The summed E-state index contributed by atoms with van der Waals surface area (Å²) in [6.07, 6.45) is 1.34. The molecule has 1 amide bonds. The Morgan fingerprint density at radius 2 is 1.75 bits per heavy atom. The number of amides is 1. The van der Waals surface area contributed by atoms with Crippen LogP contribution in [-0.4, -0.2) is 23.5 Å². The van der Waals surface area contributed by atoms with Crippen molar-refractivity contribution in [3.8, 4) is 0 Å². The molecular weight excluding hydrogens is 328 g/mol. The minimum Gasteiger partial charge on any atom is -0.368 e. The number of ether oxygens (including phenoxy) is 1. The predicted octanol–water partition coefficient (Wildman–Crippen LogP) is 3.86. The molecule has 0 saturated carbocycles. The zero-order chi connectivity index (χ0) is 16.9. The third-order valence-electron chi connectivity index (χ3n) is 3.63. The number of non-ortho nitro benzene ring substituents is 1. The van der Waals surface area contributed by atoms with Gasteiger partial charge in [-0.3, -0.25) is 14.9 Å². The lowest BCUT2D eigenvalue weighted by Gasteiger charge is -2.10. The summed E-state index contributed by atoms with van der Waals surface area (Å²) in [4.78, 5) is 24.1. The first-order chi connectivity index (χ1) is 11.6. The number of benzene rings is 2. The third kappa shape index (κ3) is 4.12. The molecule has 2 aromatic rings.